The molecule has 120 valence electrons. The normalized spacial score (nSPS) is 14.7. The van der Waals surface area contributed by atoms with Crippen molar-refractivity contribution in [1.82, 2.24) is 0 Å². The van der Waals surface area contributed by atoms with Gasteiger partial charge in [0.15, 0.2) is 0 Å². The highest BCUT2D eigenvalue weighted by molar-refractivity contribution is 7.89. The van der Waals surface area contributed by atoms with E-state index in [1.807, 2.05) is 25.1 Å². The van der Waals surface area contributed by atoms with E-state index in [9.17, 15) is 8.42 Å². The third kappa shape index (κ3) is 6.48. The monoisotopic (exact) mass is 313 g/mol. The maximum absolute atomic E-state index is 11.3. The fourth-order valence-corrected chi connectivity index (χ4v) is 3.32. The molecule has 2 N–H and O–H groups in total. The van der Waals surface area contributed by atoms with Gasteiger partial charge in [-0.25, -0.2) is 13.6 Å². The summed E-state index contributed by atoms with van der Waals surface area (Å²) in [4.78, 5) is 0. The highest BCUT2D eigenvalue weighted by atomic mass is 32.2. The van der Waals surface area contributed by atoms with Crippen molar-refractivity contribution in [3.8, 4) is 5.75 Å². The van der Waals surface area contributed by atoms with Gasteiger partial charge in [0, 0.05) is 5.92 Å². The average Bonchev–Trinajstić information content (AvgIpc) is 2.43. The molecule has 0 fully saturated rings. The van der Waals surface area contributed by atoms with Crippen LogP contribution in [-0.4, -0.2) is 20.8 Å². The molecule has 0 amide bonds. The third-order valence-electron chi connectivity index (χ3n) is 3.70. The van der Waals surface area contributed by atoms with Crippen molar-refractivity contribution >= 4 is 10.0 Å². The van der Waals surface area contributed by atoms with Crippen LogP contribution in [0.3, 0.4) is 0 Å². The molecule has 1 aromatic carbocycles. The molecular weight excluding hydrogens is 286 g/mol. The second kappa shape index (κ2) is 8.39. The number of hydrogen-bond acceptors (Lipinski definition) is 3. The van der Waals surface area contributed by atoms with Crippen LogP contribution >= 0.6 is 0 Å². The lowest BCUT2D eigenvalue weighted by molar-refractivity contribution is 0.249. The molecule has 0 heterocycles. The summed E-state index contributed by atoms with van der Waals surface area (Å²) in [7, 11) is -3.46. The van der Waals surface area contributed by atoms with E-state index >= 15 is 0 Å². The Hall–Kier alpha value is -1.07. The molecule has 0 radical (unpaired) electrons. The lowest BCUT2D eigenvalue weighted by atomic mass is 9.98. The van der Waals surface area contributed by atoms with Crippen molar-refractivity contribution in [2.45, 2.75) is 46.0 Å². The number of sulfonamides is 1. The van der Waals surface area contributed by atoms with Crippen molar-refractivity contribution in [3.63, 3.8) is 0 Å². The van der Waals surface area contributed by atoms with Gasteiger partial charge >= 0.3 is 0 Å². The molecule has 0 saturated carbocycles. The molecule has 1 rings (SSSR count). The molecule has 4 nitrogen and oxygen atoms in total. The number of benzene rings is 1. The van der Waals surface area contributed by atoms with Gasteiger partial charge in [-0.2, -0.15) is 0 Å². The molecule has 0 aliphatic carbocycles. The van der Waals surface area contributed by atoms with Crippen molar-refractivity contribution in [1.29, 1.82) is 0 Å². The fourth-order valence-electron chi connectivity index (χ4n) is 2.40. The SMILES string of the molecule is CCCC(COc1ccccc1C(C)CC)CS(N)(=O)=O. The second-order valence-electron chi connectivity index (χ2n) is 5.64. The third-order valence-corrected chi connectivity index (χ3v) is 4.64. The Morgan fingerprint density at radius 2 is 1.90 bits per heavy atom. The second-order valence-corrected chi connectivity index (χ2v) is 7.30. The zero-order valence-electron chi connectivity index (χ0n) is 13.2. The van der Waals surface area contributed by atoms with Crippen LogP contribution in [0.15, 0.2) is 24.3 Å². The molecule has 2 unspecified atom stereocenters. The van der Waals surface area contributed by atoms with Gasteiger partial charge in [0.05, 0.1) is 12.4 Å². The van der Waals surface area contributed by atoms with E-state index in [1.165, 1.54) is 5.56 Å². The Balaban J connectivity index is 2.76. The number of hydrogen-bond donors (Lipinski definition) is 1. The summed E-state index contributed by atoms with van der Waals surface area (Å²) >= 11 is 0. The number of nitrogens with two attached hydrogens (primary N) is 1. The van der Waals surface area contributed by atoms with Gasteiger partial charge in [0.2, 0.25) is 10.0 Å². The van der Waals surface area contributed by atoms with E-state index in [2.05, 4.69) is 19.9 Å². The molecule has 0 spiro atoms. The standard InChI is InChI=1S/C16H27NO3S/c1-4-8-14(12-21(17,18)19)11-20-16-10-7-6-9-15(16)13(3)5-2/h6-7,9-10,13-14H,4-5,8,11-12H2,1-3H3,(H2,17,18,19). The van der Waals surface area contributed by atoms with Crippen LogP contribution in [-0.2, 0) is 10.0 Å². The predicted octanol–water partition coefficient (Wildman–Crippen LogP) is 3.28. The van der Waals surface area contributed by atoms with Gasteiger partial charge in [-0.15, -0.1) is 0 Å². The maximum Gasteiger partial charge on any atom is 0.209 e. The Morgan fingerprint density at radius 3 is 2.48 bits per heavy atom. The first-order chi connectivity index (χ1) is 9.87. The molecule has 2 atom stereocenters. The predicted molar refractivity (Wildman–Crippen MR) is 87.0 cm³/mol. The minimum absolute atomic E-state index is 0.0215. The van der Waals surface area contributed by atoms with Crippen LogP contribution in [0.4, 0.5) is 0 Å². The quantitative estimate of drug-likeness (QED) is 0.760. The van der Waals surface area contributed by atoms with E-state index in [0.29, 0.717) is 12.5 Å². The summed E-state index contributed by atoms with van der Waals surface area (Å²) < 4.78 is 28.4. The average molecular weight is 313 g/mol. The zero-order valence-corrected chi connectivity index (χ0v) is 14.0. The summed E-state index contributed by atoms with van der Waals surface area (Å²) in [6, 6.07) is 7.96. The number of para-hydroxylation sites is 1. The first-order valence-electron chi connectivity index (χ1n) is 7.59. The molecule has 5 heteroatoms. The van der Waals surface area contributed by atoms with Gasteiger partial charge in [-0.3, -0.25) is 0 Å². The van der Waals surface area contributed by atoms with Crippen molar-refractivity contribution < 1.29 is 13.2 Å². The van der Waals surface area contributed by atoms with E-state index in [1.54, 1.807) is 0 Å². The number of primary sulfonamides is 1. The van der Waals surface area contributed by atoms with Crippen LogP contribution in [0.5, 0.6) is 5.75 Å². The summed E-state index contributed by atoms with van der Waals surface area (Å²) in [6.45, 7) is 6.72. The van der Waals surface area contributed by atoms with Crippen molar-refractivity contribution in [2.75, 3.05) is 12.4 Å². The lowest BCUT2D eigenvalue weighted by Crippen LogP contribution is -2.27. The molecule has 0 aromatic heterocycles. The molecule has 0 saturated heterocycles. The van der Waals surface area contributed by atoms with Crippen molar-refractivity contribution in [2.24, 2.45) is 11.1 Å². The van der Waals surface area contributed by atoms with E-state index in [0.717, 1.165) is 25.0 Å². The summed E-state index contributed by atoms with van der Waals surface area (Å²) in [5, 5.41) is 5.15. The van der Waals surface area contributed by atoms with Gasteiger partial charge < -0.3 is 4.74 Å². The van der Waals surface area contributed by atoms with Gasteiger partial charge in [0.1, 0.15) is 5.75 Å². The van der Waals surface area contributed by atoms with E-state index < -0.39 is 10.0 Å². The minimum Gasteiger partial charge on any atom is -0.493 e. The molecular formula is C16H27NO3S. The summed E-state index contributed by atoms with van der Waals surface area (Å²) in [5.41, 5.74) is 1.17. The first kappa shape index (κ1) is 18.0. The lowest BCUT2D eigenvalue weighted by Gasteiger charge is -2.19. The molecule has 21 heavy (non-hydrogen) atoms. The first-order valence-corrected chi connectivity index (χ1v) is 9.31. The Morgan fingerprint density at radius 1 is 1.24 bits per heavy atom. The molecule has 0 bridgehead atoms. The summed E-state index contributed by atoms with van der Waals surface area (Å²) in [5.74, 6) is 1.19. The fraction of sp³-hybridized carbons (Fsp3) is 0.625. The maximum atomic E-state index is 11.3. The number of rotatable bonds is 9. The molecule has 1 aromatic rings. The summed E-state index contributed by atoms with van der Waals surface area (Å²) in [6.07, 6.45) is 2.74. The molecule has 0 aliphatic heterocycles. The minimum atomic E-state index is -3.46. The Labute approximate surface area is 128 Å². The Kier molecular flexibility index (Phi) is 7.18. The van der Waals surface area contributed by atoms with Crippen molar-refractivity contribution in [3.05, 3.63) is 29.8 Å². The van der Waals surface area contributed by atoms with E-state index in [-0.39, 0.29) is 11.7 Å². The largest absolute Gasteiger partial charge is 0.493 e. The molecule has 0 aliphatic rings. The number of ether oxygens (including phenoxy) is 1. The van der Waals surface area contributed by atoms with Gasteiger partial charge in [-0.05, 0) is 30.4 Å². The Bertz CT molecular complexity index is 528. The van der Waals surface area contributed by atoms with Crippen LogP contribution < -0.4 is 9.88 Å². The van der Waals surface area contributed by atoms with E-state index in [4.69, 9.17) is 9.88 Å². The van der Waals surface area contributed by atoms with Crippen LogP contribution in [0.2, 0.25) is 0 Å². The zero-order chi connectivity index (χ0) is 15.9. The van der Waals surface area contributed by atoms with Gasteiger partial charge in [0.25, 0.3) is 0 Å². The highest BCUT2D eigenvalue weighted by Crippen LogP contribution is 2.29. The topological polar surface area (TPSA) is 69.4 Å². The van der Waals surface area contributed by atoms with Crippen LogP contribution in [0, 0.1) is 5.92 Å². The van der Waals surface area contributed by atoms with Gasteiger partial charge in [-0.1, -0.05) is 45.4 Å². The van der Waals surface area contributed by atoms with Crippen LogP contribution in [0.1, 0.15) is 51.5 Å². The van der Waals surface area contributed by atoms with Crippen LogP contribution in [0.25, 0.3) is 0 Å². The highest BCUT2D eigenvalue weighted by Gasteiger charge is 2.17. The smallest absolute Gasteiger partial charge is 0.209 e.